The summed E-state index contributed by atoms with van der Waals surface area (Å²) in [7, 11) is 1.64. The number of hydrogen-bond acceptors (Lipinski definition) is 5. The Morgan fingerprint density at radius 2 is 1.61 bits per heavy atom. The van der Waals surface area contributed by atoms with E-state index in [9.17, 15) is 14.0 Å². The van der Waals surface area contributed by atoms with Crippen LogP contribution in [0, 0.1) is 5.82 Å². The van der Waals surface area contributed by atoms with E-state index in [4.69, 9.17) is 4.74 Å². The molecular formula is C23H29FN4O3. The minimum atomic E-state index is -0.381. The fraction of sp³-hybridized carbons (Fsp3) is 0.391. The number of methoxy groups -OCH3 is 1. The highest BCUT2D eigenvalue weighted by Gasteiger charge is 2.20. The third-order valence-corrected chi connectivity index (χ3v) is 5.20. The van der Waals surface area contributed by atoms with Crippen LogP contribution in [0.1, 0.15) is 5.56 Å². The summed E-state index contributed by atoms with van der Waals surface area (Å²) >= 11 is 0. The lowest BCUT2D eigenvalue weighted by atomic mass is 10.1. The van der Waals surface area contributed by atoms with E-state index in [1.807, 2.05) is 29.2 Å². The molecule has 0 spiro atoms. The monoisotopic (exact) mass is 428 g/mol. The van der Waals surface area contributed by atoms with E-state index in [0.29, 0.717) is 31.9 Å². The molecule has 1 heterocycles. The molecule has 2 aromatic carbocycles. The average molecular weight is 429 g/mol. The molecule has 1 aliphatic rings. The second-order valence-electron chi connectivity index (χ2n) is 7.56. The summed E-state index contributed by atoms with van der Waals surface area (Å²) in [6.45, 7) is 4.04. The van der Waals surface area contributed by atoms with Gasteiger partial charge in [-0.1, -0.05) is 18.2 Å². The first kappa shape index (κ1) is 22.7. The molecule has 0 unspecified atom stereocenters. The molecule has 2 aromatic rings. The second-order valence-corrected chi connectivity index (χ2v) is 7.56. The Balaban J connectivity index is 1.31. The molecule has 0 aromatic heterocycles. The van der Waals surface area contributed by atoms with Crippen LogP contribution in [0.3, 0.4) is 0 Å². The van der Waals surface area contributed by atoms with Gasteiger partial charge < -0.3 is 15.4 Å². The van der Waals surface area contributed by atoms with Gasteiger partial charge in [0.15, 0.2) is 0 Å². The standard InChI is InChI=1S/C23H29FN4O3/c1-31-21-7-5-18(6-8-21)9-10-25-22(29)16-27-11-13-28(14-12-27)17-23(30)26-20-4-2-3-19(24)15-20/h2-8,15H,9-14,16-17H2,1H3,(H,25,29)(H,26,30). The smallest absolute Gasteiger partial charge is 0.238 e. The summed E-state index contributed by atoms with van der Waals surface area (Å²) < 4.78 is 18.4. The summed E-state index contributed by atoms with van der Waals surface area (Å²) in [5.74, 6) is 0.271. The van der Waals surface area contributed by atoms with E-state index < -0.39 is 0 Å². The Labute approximate surface area is 182 Å². The molecule has 1 aliphatic heterocycles. The van der Waals surface area contributed by atoms with Gasteiger partial charge in [-0.3, -0.25) is 19.4 Å². The van der Waals surface area contributed by atoms with Crippen molar-refractivity contribution < 1.29 is 18.7 Å². The number of nitrogens with one attached hydrogen (secondary N) is 2. The SMILES string of the molecule is COc1ccc(CCNC(=O)CN2CCN(CC(=O)Nc3cccc(F)c3)CC2)cc1. The van der Waals surface area contributed by atoms with Gasteiger partial charge in [0, 0.05) is 38.4 Å². The van der Waals surface area contributed by atoms with E-state index in [0.717, 1.165) is 30.8 Å². The largest absolute Gasteiger partial charge is 0.497 e. The molecule has 2 amide bonds. The average Bonchev–Trinajstić information content (AvgIpc) is 2.75. The van der Waals surface area contributed by atoms with Gasteiger partial charge in [0.2, 0.25) is 11.8 Å². The van der Waals surface area contributed by atoms with Crippen molar-refractivity contribution >= 4 is 17.5 Å². The molecule has 1 fully saturated rings. The number of piperazine rings is 1. The van der Waals surface area contributed by atoms with E-state index in [2.05, 4.69) is 15.5 Å². The van der Waals surface area contributed by atoms with Crippen LogP contribution in [0.5, 0.6) is 5.75 Å². The first-order valence-electron chi connectivity index (χ1n) is 10.4. The molecule has 166 valence electrons. The van der Waals surface area contributed by atoms with Gasteiger partial charge in [-0.05, 0) is 42.3 Å². The van der Waals surface area contributed by atoms with Crippen LogP contribution in [-0.4, -0.2) is 74.5 Å². The fourth-order valence-electron chi connectivity index (χ4n) is 3.47. The normalized spacial score (nSPS) is 14.8. The molecule has 3 rings (SSSR count). The minimum absolute atomic E-state index is 0.00538. The number of rotatable bonds is 9. The van der Waals surface area contributed by atoms with E-state index in [-0.39, 0.29) is 24.2 Å². The van der Waals surface area contributed by atoms with Gasteiger partial charge in [0.1, 0.15) is 11.6 Å². The molecule has 2 N–H and O–H groups in total. The molecule has 0 aliphatic carbocycles. The van der Waals surface area contributed by atoms with Gasteiger partial charge in [0.05, 0.1) is 20.2 Å². The number of amides is 2. The predicted octanol–water partition coefficient (Wildman–Crippen LogP) is 1.75. The maximum Gasteiger partial charge on any atom is 0.238 e. The molecule has 1 saturated heterocycles. The zero-order chi connectivity index (χ0) is 22.1. The van der Waals surface area contributed by atoms with Gasteiger partial charge in [-0.15, -0.1) is 0 Å². The Morgan fingerprint density at radius 3 is 2.23 bits per heavy atom. The van der Waals surface area contributed by atoms with Gasteiger partial charge >= 0.3 is 0 Å². The first-order chi connectivity index (χ1) is 15.0. The van der Waals surface area contributed by atoms with Crippen molar-refractivity contribution in [2.75, 3.05) is 58.2 Å². The Morgan fingerprint density at radius 1 is 0.968 bits per heavy atom. The number of carbonyl (C=O) groups is 2. The van der Waals surface area contributed by atoms with Crippen LogP contribution < -0.4 is 15.4 Å². The van der Waals surface area contributed by atoms with Crippen molar-refractivity contribution in [3.8, 4) is 5.75 Å². The van der Waals surface area contributed by atoms with Crippen LogP contribution in [0.15, 0.2) is 48.5 Å². The van der Waals surface area contributed by atoms with Gasteiger partial charge in [-0.2, -0.15) is 0 Å². The highest BCUT2D eigenvalue weighted by Crippen LogP contribution is 2.11. The van der Waals surface area contributed by atoms with E-state index >= 15 is 0 Å². The lowest BCUT2D eigenvalue weighted by Gasteiger charge is -2.33. The quantitative estimate of drug-likeness (QED) is 0.637. The third kappa shape index (κ3) is 7.66. The van der Waals surface area contributed by atoms with Crippen molar-refractivity contribution in [2.24, 2.45) is 0 Å². The summed E-state index contributed by atoms with van der Waals surface area (Å²) in [4.78, 5) is 28.5. The minimum Gasteiger partial charge on any atom is -0.497 e. The van der Waals surface area contributed by atoms with Crippen molar-refractivity contribution in [1.82, 2.24) is 15.1 Å². The van der Waals surface area contributed by atoms with Gasteiger partial charge in [-0.25, -0.2) is 4.39 Å². The van der Waals surface area contributed by atoms with Crippen molar-refractivity contribution in [1.29, 1.82) is 0 Å². The van der Waals surface area contributed by atoms with Gasteiger partial charge in [0.25, 0.3) is 0 Å². The molecule has 0 atom stereocenters. The van der Waals surface area contributed by atoms with Crippen LogP contribution in [-0.2, 0) is 16.0 Å². The summed E-state index contributed by atoms with van der Waals surface area (Å²) in [6.07, 6.45) is 0.768. The van der Waals surface area contributed by atoms with Crippen LogP contribution in [0.2, 0.25) is 0 Å². The molecular weight excluding hydrogens is 399 g/mol. The molecule has 7 nitrogen and oxygen atoms in total. The van der Waals surface area contributed by atoms with E-state index in [1.54, 1.807) is 19.2 Å². The molecule has 8 heteroatoms. The molecule has 31 heavy (non-hydrogen) atoms. The lowest BCUT2D eigenvalue weighted by Crippen LogP contribution is -2.51. The summed E-state index contributed by atoms with van der Waals surface area (Å²) in [5, 5.41) is 5.67. The lowest BCUT2D eigenvalue weighted by molar-refractivity contribution is -0.123. The summed E-state index contributed by atoms with van der Waals surface area (Å²) in [6, 6.07) is 13.7. The number of anilines is 1. The van der Waals surface area contributed by atoms with Crippen LogP contribution >= 0.6 is 0 Å². The Hall–Kier alpha value is -2.97. The Kier molecular flexibility index (Phi) is 8.37. The van der Waals surface area contributed by atoms with E-state index in [1.165, 1.54) is 12.1 Å². The zero-order valence-electron chi connectivity index (χ0n) is 17.8. The number of carbonyl (C=O) groups excluding carboxylic acids is 2. The molecule has 0 bridgehead atoms. The first-order valence-corrected chi connectivity index (χ1v) is 10.4. The molecule has 0 radical (unpaired) electrons. The van der Waals surface area contributed by atoms with Crippen LogP contribution in [0.4, 0.5) is 10.1 Å². The van der Waals surface area contributed by atoms with Crippen LogP contribution in [0.25, 0.3) is 0 Å². The summed E-state index contributed by atoms with van der Waals surface area (Å²) in [5.41, 5.74) is 1.60. The van der Waals surface area contributed by atoms with Crippen molar-refractivity contribution in [3.05, 3.63) is 59.9 Å². The number of benzene rings is 2. The topological polar surface area (TPSA) is 73.9 Å². The Bertz CT molecular complexity index is 867. The number of hydrogen-bond donors (Lipinski definition) is 2. The van der Waals surface area contributed by atoms with Crippen molar-refractivity contribution in [3.63, 3.8) is 0 Å². The predicted molar refractivity (Wildman–Crippen MR) is 118 cm³/mol. The zero-order valence-corrected chi connectivity index (χ0v) is 17.8. The maximum atomic E-state index is 13.2. The third-order valence-electron chi connectivity index (χ3n) is 5.20. The van der Waals surface area contributed by atoms with Crippen molar-refractivity contribution in [2.45, 2.75) is 6.42 Å². The maximum absolute atomic E-state index is 13.2. The number of ether oxygens (including phenoxy) is 1. The second kappa shape index (κ2) is 11.4. The highest BCUT2D eigenvalue weighted by atomic mass is 19.1. The number of halogens is 1. The molecule has 0 saturated carbocycles. The highest BCUT2D eigenvalue weighted by molar-refractivity contribution is 5.92. The number of nitrogens with zero attached hydrogens (tertiary/aromatic N) is 2. The fourth-order valence-corrected chi connectivity index (χ4v) is 3.47.